The number of carbonyl (C=O) groups excluding carboxylic acids is 2. The number of hydrogen-bond donors (Lipinski definition) is 1. The summed E-state index contributed by atoms with van der Waals surface area (Å²) in [7, 11) is 0. The molecule has 1 saturated heterocycles. The van der Waals surface area contributed by atoms with Crippen LogP contribution >= 0.6 is 0 Å². The lowest BCUT2D eigenvalue weighted by atomic mass is 9.91. The second kappa shape index (κ2) is 6.01. The topological polar surface area (TPSA) is 67.9 Å². The number of ether oxygens (including phenoxy) is 2. The van der Waals surface area contributed by atoms with Crippen molar-refractivity contribution in [2.75, 3.05) is 13.2 Å². The fourth-order valence-electron chi connectivity index (χ4n) is 3.19. The van der Waals surface area contributed by atoms with Gasteiger partial charge in [-0.3, -0.25) is 9.69 Å². The maximum atomic E-state index is 13.9. The molecule has 1 fully saturated rings. The summed E-state index contributed by atoms with van der Waals surface area (Å²) < 4.78 is 24.9. The van der Waals surface area contributed by atoms with E-state index < -0.39 is 23.3 Å². The molecule has 7 heteroatoms. The average Bonchev–Trinajstić information content (AvgIpc) is 2.87. The van der Waals surface area contributed by atoms with E-state index in [1.54, 1.807) is 43.3 Å². The Balaban J connectivity index is 1.64. The summed E-state index contributed by atoms with van der Waals surface area (Å²) in [6.45, 7) is 2.39. The van der Waals surface area contributed by atoms with Crippen LogP contribution in [0.5, 0.6) is 11.5 Å². The van der Waals surface area contributed by atoms with Crippen LogP contribution in [0.1, 0.15) is 18.1 Å². The van der Waals surface area contributed by atoms with Crippen LogP contribution in [0.4, 0.5) is 9.18 Å². The Labute approximate surface area is 149 Å². The highest BCUT2D eigenvalue weighted by molar-refractivity contribution is 6.07. The third-order valence-corrected chi connectivity index (χ3v) is 4.68. The van der Waals surface area contributed by atoms with Crippen molar-refractivity contribution in [2.45, 2.75) is 19.0 Å². The van der Waals surface area contributed by atoms with Gasteiger partial charge in [0.2, 0.25) is 0 Å². The lowest BCUT2D eigenvalue weighted by Gasteiger charge is -2.25. The Morgan fingerprint density at radius 3 is 2.62 bits per heavy atom. The molecule has 0 saturated carbocycles. The fourth-order valence-corrected chi connectivity index (χ4v) is 3.19. The van der Waals surface area contributed by atoms with Gasteiger partial charge >= 0.3 is 6.03 Å². The van der Waals surface area contributed by atoms with Crippen LogP contribution in [0, 0.1) is 5.82 Å². The number of rotatable bonds is 3. The summed E-state index contributed by atoms with van der Waals surface area (Å²) in [5, 5.41) is 2.71. The number of imide groups is 1. The van der Waals surface area contributed by atoms with Crippen molar-refractivity contribution in [2.24, 2.45) is 0 Å². The monoisotopic (exact) mass is 356 g/mol. The molecule has 2 aromatic carbocycles. The average molecular weight is 356 g/mol. The molecule has 0 aliphatic carbocycles. The number of halogens is 1. The molecule has 134 valence electrons. The number of nitrogens with zero attached hydrogens (tertiary/aromatic N) is 1. The molecular weight excluding hydrogens is 339 g/mol. The molecule has 0 bridgehead atoms. The molecule has 1 N–H and O–H groups in total. The van der Waals surface area contributed by atoms with E-state index in [0.717, 1.165) is 4.90 Å². The number of fused-ring (bicyclic) bond motifs is 1. The molecule has 0 aromatic heterocycles. The standard InChI is InChI=1S/C19H17FN2O4/c1-19(13-6-7-15-16(10-13)26-9-8-25-15)17(23)22(18(24)21-19)11-12-4-2-3-5-14(12)20/h2-7,10H,8-9,11H2,1H3,(H,21,24)/t19-/m0/s1. The normalized spacial score (nSPS) is 21.7. The molecular formula is C19H17FN2O4. The number of urea groups is 1. The quantitative estimate of drug-likeness (QED) is 0.859. The van der Waals surface area contributed by atoms with Gasteiger partial charge < -0.3 is 14.8 Å². The molecule has 4 rings (SSSR count). The smallest absolute Gasteiger partial charge is 0.325 e. The molecule has 6 nitrogen and oxygen atoms in total. The molecule has 2 aliphatic heterocycles. The van der Waals surface area contributed by atoms with E-state index in [1.807, 2.05) is 0 Å². The Morgan fingerprint density at radius 2 is 1.85 bits per heavy atom. The molecule has 0 spiro atoms. The highest BCUT2D eigenvalue weighted by Crippen LogP contribution is 2.37. The number of amides is 3. The first-order valence-corrected chi connectivity index (χ1v) is 8.27. The number of hydrogen-bond acceptors (Lipinski definition) is 4. The van der Waals surface area contributed by atoms with Crippen LogP contribution < -0.4 is 14.8 Å². The van der Waals surface area contributed by atoms with Crippen LogP contribution in [0.15, 0.2) is 42.5 Å². The van der Waals surface area contributed by atoms with Gasteiger partial charge in [-0.05, 0) is 30.7 Å². The van der Waals surface area contributed by atoms with Crippen molar-refractivity contribution in [3.63, 3.8) is 0 Å². The van der Waals surface area contributed by atoms with E-state index in [-0.39, 0.29) is 12.1 Å². The molecule has 0 unspecified atom stereocenters. The molecule has 2 aliphatic rings. The molecule has 0 radical (unpaired) electrons. The van der Waals surface area contributed by atoms with Gasteiger partial charge in [0.25, 0.3) is 5.91 Å². The van der Waals surface area contributed by atoms with Gasteiger partial charge in [0.05, 0.1) is 6.54 Å². The number of nitrogens with one attached hydrogen (secondary N) is 1. The summed E-state index contributed by atoms with van der Waals surface area (Å²) in [6.07, 6.45) is 0. The van der Waals surface area contributed by atoms with Crippen LogP contribution in [-0.4, -0.2) is 30.1 Å². The van der Waals surface area contributed by atoms with E-state index in [4.69, 9.17) is 9.47 Å². The Bertz CT molecular complexity index is 901. The molecule has 2 aromatic rings. The maximum absolute atomic E-state index is 13.9. The fraction of sp³-hybridized carbons (Fsp3) is 0.263. The largest absolute Gasteiger partial charge is 0.486 e. The van der Waals surface area contributed by atoms with Gasteiger partial charge in [-0.1, -0.05) is 24.3 Å². The molecule has 3 amide bonds. The van der Waals surface area contributed by atoms with Crippen molar-refractivity contribution < 1.29 is 23.5 Å². The van der Waals surface area contributed by atoms with Crippen molar-refractivity contribution in [1.82, 2.24) is 10.2 Å². The minimum absolute atomic E-state index is 0.127. The predicted octanol–water partition coefficient (Wildman–Crippen LogP) is 2.56. The lowest BCUT2D eigenvalue weighted by Crippen LogP contribution is -2.41. The van der Waals surface area contributed by atoms with Crippen molar-refractivity contribution >= 4 is 11.9 Å². The van der Waals surface area contributed by atoms with E-state index in [1.165, 1.54) is 6.07 Å². The van der Waals surface area contributed by atoms with E-state index in [0.29, 0.717) is 30.3 Å². The van der Waals surface area contributed by atoms with Gasteiger partial charge in [-0.2, -0.15) is 0 Å². The zero-order valence-corrected chi connectivity index (χ0v) is 14.1. The SMILES string of the molecule is C[C@@]1(c2ccc3c(c2)OCCO3)NC(=O)N(Cc2ccccc2F)C1=O. The minimum atomic E-state index is -1.25. The first kappa shape index (κ1) is 16.4. The Kier molecular flexibility index (Phi) is 3.79. The minimum Gasteiger partial charge on any atom is -0.486 e. The zero-order valence-electron chi connectivity index (χ0n) is 14.1. The second-order valence-corrected chi connectivity index (χ2v) is 6.40. The van der Waals surface area contributed by atoms with Gasteiger partial charge in [-0.25, -0.2) is 9.18 Å². The van der Waals surface area contributed by atoms with E-state index in [9.17, 15) is 14.0 Å². The van der Waals surface area contributed by atoms with Gasteiger partial charge in [0.1, 0.15) is 24.6 Å². The van der Waals surface area contributed by atoms with Crippen LogP contribution in [-0.2, 0) is 16.9 Å². The second-order valence-electron chi connectivity index (χ2n) is 6.40. The van der Waals surface area contributed by atoms with Crippen molar-refractivity contribution in [3.8, 4) is 11.5 Å². The predicted molar refractivity (Wildman–Crippen MR) is 90.3 cm³/mol. The van der Waals surface area contributed by atoms with Crippen molar-refractivity contribution in [3.05, 3.63) is 59.4 Å². The molecule has 2 heterocycles. The third kappa shape index (κ3) is 2.56. The molecule has 1 atom stereocenters. The first-order chi connectivity index (χ1) is 12.5. The maximum Gasteiger partial charge on any atom is 0.325 e. The number of benzene rings is 2. The number of carbonyl (C=O) groups is 2. The Hall–Kier alpha value is -3.09. The molecule has 26 heavy (non-hydrogen) atoms. The highest BCUT2D eigenvalue weighted by atomic mass is 19.1. The summed E-state index contributed by atoms with van der Waals surface area (Å²) in [5.74, 6) is 0.233. The first-order valence-electron chi connectivity index (χ1n) is 8.27. The summed E-state index contributed by atoms with van der Waals surface area (Å²) in [5.41, 5.74) is -0.392. The third-order valence-electron chi connectivity index (χ3n) is 4.68. The van der Waals surface area contributed by atoms with Crippen LogP contribution in [0.3, 0.4) is 0 Å². The van der Waals surface area contributed by atoms with E-state index >= 15 is 0 Å². The summed E-state index contributed by atoms with van der Waals surface area (Å²) in [4.78, 5) is 26.4. The van der Waals surface area contributed by atoms with Gasteiger partial charge in [-0.15, -0.1) is 0 Å². The summed E-state index contributed by atoms with van der Waals surface area (Å²) >= 11 is 0. The summed E-state index contributed by atoms with van der Waals surface area (Å²) in [6, 6.07) is 10.6. The van der Waals surface area contributed by atoms with Crippen LogP contribution in [0.25, 0.3) is 0 Å². The van der Waals surface area contributed by atoms with Crippen molar-refractivity contribution in [1.29, 1.82) is 0 Å². The van der Waals surface area contributed by atoms with E-state index in [2.05, 4.69) is 5.32 Å². The van der Waals surface area contributed by atoms with Gasteiger partial charge in [0, 0.05) is 5.56 Å². The Morgan fingerprint density at radius 1 is 1.12 bits per heavy atom. The van der Waals surface area contributed by atoms with Gasteiger partial charge in [0.15, 0.2) is 11.5 Å². The lowest BCUT2D eigenvalue weighted by molar-refractivity contribution is -0.131. The highest BCUT2D eigenvalue weighted by Gasteiger charge is 2.49. The van der Waals surface area contributed by atoms with Crippen LogP contribution in [0.2, 0.25) is 0 Å². The zero-order chi connectivity index (χ0) is 18.3.